The van der Waals surface area contributed by atoms with E-state index in [1.807, 2.05) is 36.1 Å². The SMILES string of the molecule is C=CCN(C(=O)[C@@H]1[C@@H]2CC(C)C3(S2)C(C(=O)N(CC=C)C2CCCCC2)N(CCO)C(=O)[C@H]13)c1ccc(OCC)cc1. The minimum Gasteiger partial charge on any atom is -0.494 e. The quantitative estimate of drug-likeness (QED) is 0.363. The molecule has 228 valence electrons. The number of hydrogen-bond acceptors (Lipinski definition) is 6. The lowest BCUT2D eigenvalue weighted by atomic mass is 9.65. The van der Waals surface area contributed by atoms with Crippen LogP contribution < -0.4 is 9.64 Å². The molecule has 1 spiro atoms. The zero-order chi connectivity index (χ0) is 30.0. The van der Waals surface area contributed by atoms with Crippen molar-refractivity contribution in [2.24, 2.45) is 17.8 Å². The number of amides is 3. The smallest absolute Gasteiger partial charge is 0.247 e. The van der Waals surface area contributed by atoms with Gasteiger partial charge in [-0.2, -0.15) is 0 Å². The Labute approximate surface area is 254 Å². The van der Waals surface area contributed by atoms with Crippen LogP contribution in [0.3, 0.4) is 0 Å². The number of aliphatic hydroxyl groups excluding tert-OH is 1. The summed E-state index contributed by atoms with van der Waals surface area (Å²) >= 11 is 1.67. The van der Waals surface area contributed by atoms with E-state index >= 15 is 0 Å². The number of rotatable bonds is 12. The van der Waals surface area contributed by atoms with Crippen LogP contribution in [0.4, 0.5) is 5.69 Å². The molecule has 0 radical (unpaired) electrons. The van der Waals surface area contributed by atoms with Crippen LogP contribution in [-0.4, -0.2) is 87.6 Å². The molecule has 1 aromatic rings. The van der Waals surface area contributed by atoms with E-state index in [0.717, 1.165) is 43.5 Å². The lowest BCUT2D eigenvalue weighted by Crippen LogP contribution is -2.59. The molecule has 1 aromatic carbocycles. The van der Waals surface area contributed by atoms with Crippen LogP contribution in [0.1, 0.15) is 52.4 Å². The van der Waals surface area contributed by atoms with Gasteiger partial charge in [0.25, 0.3) is 0 Å². The predicted octanol–water partition coefficient (Wildman–Crippen LogP) is 4.28. The van der Waals surface area contributed by atoms with Gasteiger partial charge in [0.05, 0.1) is 29.8 Å². The minimum absolute atomic E-state index is 0.0614. The molecule has 1 saturated carbocycles. The van der Waals surface area contributed by atoms with Crippen LogP contribution in [0.15, 0.2) is 49.6 Å². The van der Waals surface area contributed by atoms with Crippen molar-refractivity contribution in [2.75, 3.05) is 37.7 Å². The highest BCUT2D eigenvalue weighted by Gasteiger charge is 2.76. The normalized spacial score (nSPS) is 30.2. The third-order valence-electron chi connectivity index (χ3n) is 9.77. The molecule has 9 heteroatoms. The third kappa shape index (κ3) is 5.06. The van der Waals surface area contributed by atoms with E-state index in [2.05, 4.69) is 20.1 Å². The standard InChI is InChI=1S/C33H45N3O5S/c1-5-17-34(24-13-15-25(16-14-24)41-7-3)30(38)27-26-21-22(4)33(42-26)28(27)31(39)36(19-20-37)29(33)32(40)35(18-6-2)23-11-9-8-10-12-23/h5-6,13-16,22-23,26-29,37H,1-2,7-12,17-21H2,3-4H3/t22?,26-,27+,28-,29?,33?/m0/s1. The van der Waals surface area contributed by atoms with E-state index in [1.165, 1.54) is 6.42 Å². The Morgan fingerprint density at radius 1 is 1.12 bits per heavy atom. The van der Waals surface area contributed by atoms with Crippen molar-refractivity contribution >= 4 is 35.2 Å². The number of hydrogen-bond donors (Lipinski definition) is 1. The van der Waals surface area contributed by atoms with E-state index < -0.39 is 22.6 Å². The van der Waals surface area contributed by atoms with Crippen LogP contribution in [0, 0.1) is 17.8 Å². The zero-order valence-corrected chi connectivity index (χ0v) is 25.8. The van der Waals surface area contributed by atoms with Gasteiger partial charge in [-0.3, -0.25) is 14.4 Å². The van der Waals surface area contributed by atoms with Crippen molar-refractivity contribution in [3.63, 3.8) is 0 Å². The van der Waals surface area contributed by atoms with Gasteiger partial charge in [0, 0.05) is 36.6 Å². The lowest BCUT2D eigenvalue weighted by Gasteiger charge is -2.43. The zero-order valence-electron chi connectivity index (χ0n) is 25.0. The highest BCUT2D eigenvalue weighted by molar-refractivity contribution is 8.02. The summed E-state index contributed by atoms with van der Waals surface area (Å²) in [5.41, 5.74) is 0.720. The van der Waals surface area contributed by atoms with Crippen molar-refractivity contribution in [1.29, 1.82) is 0 Å². The van der Waals surface area contributed by atoms with Gasteiger partial charge in [-0.05, 0) is 56.4 Å². The fourth-order valence-electron chi connectivity index (χ4n) is 8.06. The van der Waals surface area contributed by atoms with Gasteiger partial charge in [-0.25, -0.2) is 0 Å². The Bertz CT molecular complexity index is 1180. The number of thioether (sulfide) groups is 1. The number of nitrogens with zero attached hydrogens (tertiary/aromatic N) is 3. The van der Waals surface area contributed by atoms with Crippen LogP contribution in [0.25, 0.3) is 0 Å². The summed E-state index contributed by atoms with van der Waals surface area (Å²) in [5, 5.41) is 9.97. The maximum atomic E-state index is 14.6. The number of benzene rings is 1. The van der Waals surface area contributed by atoms with E-state index in [-0.39, 0.29) is 48.1 Å². The molecular formula is C33H45N3O5S. The van der Waals surface area contributed by atoms with Gasteiger partial charge in [0.2, 0.25) is 17.7 Å². The van der Waals surface area contributed by atoms with Crippen LogP contribution in [-0.2, 0) is 14.4 Å². The number of anilines is 1. The van der Waals surface area contributed by atoms with E-state index in [0.29, 0.717) is 19.7 Å². The molecule has 3 amide bonds. The molecule has 42 heavy (non-hydrogen) atoms. The molecule has 4 aliphatic rings. The van der Waals surface area contributed by atoms with Gasteiger partial charge >= 0.3 is 0 Å². The first-order valence-electron chi connectivity index (χ1n) is 15.5. The summed E-state index contributed by atoms with van der Waals surface area (Å²) in [7, 11) is 0. The first-order chi connectivity index (χ1) is 20.3. The van der Waals surface area contributed by atoms with Crippen LogP contribution >= 0.6 is 11.8 Å². The van der Waals surface area contributed by atoms with Crippen LogP contribution in [0.5, 0.6) is 5.75 Å². The fraction of sp³-hybridized carbons (Fsp3) is 0.606. The molecule has 3 aliphatic heterocycles. The van der Waals surface area contributed by atoms with Gasteiger partial charge in [-0.15, -0.1) is 24.9 Å². The Balaban J connectivity index is 1.51. The molecule has 1 aliphatic carbocycles. The van der Waals surface area contributed by atoms with E-state index in [9.17, 15) is 19.5 Å². The van der Waals surface area contributed by atoms with Crippen LogP contribution in [0.2, 0.25) is 0 Å². The number of likely N-dealkylation sites (tertiary alicyclic amines) is 1. The van der Waals surface area contributed by atoms with Gasteiger partial charge < -0.3 is 24.5 Å². The molecule has 2 bridgehead atoms. The topological polar surface area (TPSA) is 90.4 Å². The summed E-state index contributed by atoms with van der Waals surface area (Å²) in [6.45, 7) is 13.0. The Morgan fingerprint density at radius 2 is 1.81 bits per heavy atom. The molecule has 5 rings (SSSR count). The molecule has 3 saturated heterocycles. The fourth-order valence-corrected chi connectivity index (χ4v) is 10.5. The molecule has 3 heterocycles. The minimum atomic E-state index is -0.721. The number of fused-ring (bicyclic) bond motifs is 1. The molecule has 0 aromatic heterocycles. The molecule has 3 unspecified atom stereocenters. The number of β-amino-alcohol motifs (C(OH)–C–C–N with tert-alkyl or cyclic N) is 1. The lowest BCUT2D eigenvalue weighted by molar-refractivity contribution is -0.144. The van der Waals surface area contributed by atoms with E-state index in [1.54, 1.807) is 33.7 Å². The number of aliphatic hydroxyl groups is 1. The number of carbonyl (C=O) groups excluding carboxylic acids is 3. The summed E-state index contributed by atoms with van der Waals surface area (Å²) in [6, 6.07) is 6.82. The van der Waals surface area contributed by atoms with Gasteiger partial charge in [0.1, 0.15) is 11.8 Å². The van der Waals surface area contributed by atoms with Crippen molar-refractivity contribution in [3.05, 3.63) is 49.6 Å². The Kier molecular flexibility index (Phi) is 9.38. The maximum Gasteiger partial charge on any atom is 0.247 e. The molecular weight excluding hydrogens is 550 g/mol. The predicted molar refractivity (Wildman–Crippen MR) is 166 cm³/mol. The highest BCUT2D eigenvalue weighted by Crippen LogP contribution is 2.69. The Morgan fingerprint density at radius 3 is 2.43 bits per heavy atom. The van der Waals surface area contributed by atoms with Gasteiger partial charge in [0.15, 0.2) is 0 Å². The van der Waals surface area contributed by atoms with Crippen molar-refractivity contribution in [2.45, 2.75) is 74.5 Å². The van der Waals surface area contributed by atoms with Crippen molar-refractivity contribution in [1.82, 2.24) is 9.80 Å². The second-order valence-corrected chi connectivity index (χ2v) is 13.6. The molecule has 4 fully saturated rings. The average Bonchev–Trinajstić information content (AvgIpc) is 3.59. The maximum absolute atomic E-state index is 14.6. The summed E-state index contributed by atoms with van der Waals surface area (Å²) in [6.07, 6.45) is 9.46. The molecule has 8 nitrogen and oxygen atoms in total. The number of carbonyl (C=O) groups is 3. The average molecular weight is 596 g/mol. The highest BCUT2D eigenvalue weighted by atomic mass is 32.2. The van der Waals surface area contributed by atoms with Gasteiger partial charge in [-0.1, -0.05) is 38.3 Å². The first-order valence-corrected chi connectivity index (χ1v) is 16.4. The monoisotopic (exact) mass is 595 g/mol. The Hall–Kier alpha value is -2.78. The summed E-state index contributed by atoms with van der Waals surface area (Å²) in [5.74, 6) is -0.759. The largest absolute Gasteiger partial charge is 0.494 e. The molecule has 6 atom stereocenters. The second-order valence-electron chi connectivity index (χ2n) is 12.0. The van der Waals surface area contributed by atoms with Crippen molar-refractivity contribution in [3.8, 4) is 5.75 Å². The second kappa shape index (κ2) is 12.8. The van der Waals surface area contributed by atoms with Crippen molar-refractivity contribution < 1.29 is 24.2 Å². The number of ether oxygens (including phenoxy) is 1. The first kappa shape index (κ1) is 30.7. The van der Waals surface area contributed by atoms with E-state index in [4.69, 9.17) is 4.74 Å². The summed E-state index contributed by atoms with van der Waals surface area (Å²) in [4.78, 5) is 48.7. The summed E-state index contributed by atoms with van der Waals surface area (Å²) < 4.78 is 4.87. The third-order valence-corrected chi connectivity index (χ3v) is 11.8. The molecule has 1 N–H and O–H groups in total.